The average Bonchev–Trinajstić information content (AvgIpc) is 2.41. The van der Waals surface area contributed by atoms with E-state index < -0.39 is 51.1 Å². The van der Waals surface area contributed by atoms with Gasteiger partial charge in [0.15, 0.2) is 23.3 Å². The van der Waals surface area contributed by atoms with Crippen LogP contribution in [0.1, 0.15) is 34.6 Å². The summed E-state index contributed by atoms with van der Waals surface area (Å²) >= 11 is 0.124. The van der Waals surface area contributed by atoms with Crippen LogP contribution in [0.15, 0.2) is 4.90 Å². The molecule has 0 fully saturated rings. The number of rotatable bonds is 4. The Morgan fingerprint density at radius 2 is 1.26 bits per heavy atom. The fraction of sp³-hybridized carbons (Fsp3) is 0.500. The molecule has 0 aliphatic carbocycles. The highest BCUT2D eigenvalue weighted by atomic mass is 32.2. The van der Waals surface area contributed by atoms with Crippen molar-refractivity contribution in [2.45, 2.75) is 50.7 Å². The predicted molar refractivity (Wildman–Crippen MR) is 75.1 cm³/mol. The summed E-state index contributed by atoms with van der Waals surface area (Å²) in [4.78, 5) is 10.8. The number of esters is 1. The molecule has 0 bridgehead atoms. The first-order valence-electron chi connectivity index (χ1n) is 6.47. The number of halogens is 5. The van der Waals surface area contributed by atoms with E-state index in [1.165, 1.54) is 13.8 Å². The molecule has 0 amide bonds. The van der Waals surface area contributed by atoms with E-state index in [1.807, 2.05) is 0 Å². The Morgan fingerprint density at radius 1 is 0.870 bits per heavy atom. The standard InChI is InChI=1S/C14H16F5NO2S/c1-13(2,3)22-12(21)14(4,5)20-23-11-9(18)7(16)6(15)8(17)10(11)19/h20H,1-5H3. The second-order valence-corrected chi connectivity index (χ2v) is 7.05. The number of benzene rings is 1. The van der Waals surface area contributed by atoms with Crippen molar-refractivity contribution < 1.29 is 31.5 Å². The van der Waals surface area contributed by atoms with Crippen LogP contribution in [0.3, 0.4) is 0 Å². The molecular weight excluding hydrogens is 341 g/mol. The minimum atomic E-state index is -2.24. The van der Waals surface area contributed by atoms with Crippen LogP contribution in [0.25, 0.3) is 0 Å². The van der Waals surface area contributed by atoms with Gasteiger partial charge in [-0.2, -0.15) is 0 Å². The van der Waals surface area contributed by atoms with Crippen LogP contribution in [0.4, 0.5) is 22.0 Å². The van der Waals surface area contributed by atoms with Gasteiger partial charge in [-0.05, 0) is 46.6 Å². The molecule has 0 heterocycles. The van der Waals surface area contributed by atoms with Crippen molar-refractivity contribution in [3.05, 3.63) is 29.1 Å². The van der Waals surface area contributed by atoms with Crippen molar-refractivity contribution >= 4 is 17.9 Å². The van der Waals surface area contributed by atoms with Gasteiger partial charge in [0.1, 0.15) is 16.0 Å². The van der Waals surface area contributed by atoms with Crippen molar-refractivity contribution in [1.29, 1.82) is 0 Å². The number of hydrogen-bond acceptors (Lipinski definition) is 4. The maximum absolute atomic E-state index is 13.6. The monoisotopic (exact) mass is 357 g/mol. The number of hydrogen-bond donors (Lipinski definition) is 1. The van der Waals surface area contributed by atoms with Gasteiger partial charge in [0.25, 0.3) is 0 Å². The van der Waals surface area contributed by atoms with Crippen LogP contribution in [-0.4, -0.2) is 17.1 Å². The molecule has 0 atom stereocenters. The zero-order valence-corrected chi connectivity index (χ0v) is 13.9. The molecule has 0 spiro atoms. The van der Waals surface area contributed by atoms with Gasteiger partial charge in [-0.25, -0.2) is 26.7 Å². The molecule has 130 valence electrons. The summed E-state index contributed by atoms with van der Waals surface area (Å²) in [6, 6.07) is 0. The van der Waals surface area contributed by atoms with Gasteiger partial charge in [-0.3, -0.25) is 4.79 Å². The highest BCUT2D eigenvalue weighted by Crippen LogP contribution is 2.31. The van der Waals surface area contributed by atoms with E-state index in [-0.39, 0.29) is 11.9 Å². The number of ether oxygens (including phenoxy) is 1. The lowest BCUT2D eigenvalue weighted by molar-refractivity contribution is -0.160. The van der Waals surface area contributed by atoms with Gasteiger partial charge >= 0.3 is 5.97 Å². The summed E-state index contributed by atoms with van der Waals surface area (Å²) in [6.45, 7) is 7.56. The Bertz CT molecular complexity index is 600. The lowest BCUT2D eigenvalue weighted by Crippen LogP contribution is -2.47. The fourth-order valence-electron chi connectivity index (χ4n) is 1.30. The highest BCUT2D eigenvalue weighted by molar-refractivity contribution is 7.97. The summed E-state index contributed by atoms with van der Waals surface area (Å²) < 4.78 is 73.7. The molecule has 1 aromatic carbocycles. The number of carbonyl (C=O) groups excluding carboxylic acids is 1. The van der Waals surface area contributed by atoms with Gasteiger partial charge in [0.05, 0.1) is 0 Å². The van der Waals surface area contributed by atoms with Gasteiger partial charge in [0, 0.05) is 0 Å². The first-order valence-corrected chi connectivity index (χ1v) is 7.28. The summed E-state index contributed by atoms with van der Waals surface area (Å²) in [5.41, 5.74) is -2.23. The highest BCUT2D eigenvalue weighted by Gasteiger charge is 2.34. The van der Waals surface area contributed by atoms with Crippen molar-refractivity contribution in [3.63, 3.8) is 0 Å². The summed E-state index contributed by atoms with van der Waals surface area (Å²) in [6.07, 6.45) is 0. The molecule has 1 aromatic rings. The van der Waals surface area contributed by atoms with Crippen LogP contribution in [-0.2, 0) is 9.53 Å². The lowest BCUT2D eigenvalue weighted by Gasteiger charge is -2.28. The zero-order chi connectivity index (χ0) is 18.2. The van der Waals surface area contributed by atoms with E-state index >= 15 is 0 Å². The molecule has 0 aliphatic rings. The SMILES string of the molecule is CC(C)(C)OC(=O)C(C)(C)NSc1c(F)c(F)c(F)c(F)c1F. The van der Waals surface area contributed by atoms with Crippen molar-refractivity contribution in [2.75, 3.05) is 0 Å². The molecule has 1 rings (SSSR count). The topological polar surface area (TPSA) is 38.3 Å². The summed E-state index contributed by atoms with van der Waals surface area (Å²) in [7, 11) is 0. The molecule has 1 N–H and O–H groups in total. The minimum absolute atomic E-state index is 0.124. The molecule has 0 radical (unpaired) electrons. The van der Waals surface area contributed by atoms with Crippen LogP contribution < -0.4 is 4.72 Å². The number of nitrogens with one attached hydrogen (secondary N) is 1. The predicted octanol–water partition coefficient (Wildman–Crippen LogP) is 4.10. The molecule has 0 aromatic heterocycles. The maximum Gasteiger partial charge on any atom is 0.327 e. The van der Waals surface area contributed by atoms with Crippen LogP contribution in [0.2, 0.25) is 0 Å². The van der Waals surface area contributed by atoms with Gasteiger partial charge in [-0.15, -0.1) is 0 Å². The first kappa shape index (κ1) is 19.7. The van der Waals surface area contributed by atoms with E-state index in [9.17, 15) is 26.7 Å². The third-order valence-electron chi connectivity index (χ3n) is 2.49. The summed E-state index contributed by atoms with van der Waals surface area (Å²) in [5.74, 6) is -11.0. The Morgan fingerprint density at radius 3 is 1.65 bits per heavy atom. The molecule has 0 unspecified atom stereocenters. The largest absolute Gasteiger partial charge is 0.459 e. The molecular formula is C14H16F5NO2S. The molecule has 9 heteroatoms. The quantitative estimate of drug-likeness (QED) is 0.290. The number of carbonyl (C=O) groups is 1. The fourth-order valence-corrected chi connectivity index (χ4v) is 2.10. The maximum atomic E-state index is 13.6. The molecule has 3 nitrogen and oxygen atoms in total. The lowest BCUT2D eigenvalue weighted by atomic mass is 10.1. The Balaban J connectivity index is 3.00. The molecule has 0 saturated heterocycles. The van der Waals surface area contributed by atoms with E-state index in [0.717, 1.165) is 0 Å². The third-order valence-corrected chi connectivity index (χ3v) is 3.66. The van der Waals surface area contributed by atoms with Gasteiger partial charge in [0.2, 0.25) is 5.82 Å². The summed E-state index contributed by atoms with van der Waals surface area (Å²) in [5, 5.41) is 0. The van der Waals surface area contributed by atoms with E-state index in [0.29, 0.717) is 0 Å². The zero-order valence-electron chi connectivity index (χ0n) is 13.1. The smallest absolute Gasteiger partial charge is 0.327 e. The normalized spacial score (nSPS) is 12.4. The first-order chi connectivity index (χ1) is 10.3. The Labute approximate surface area is 134 Å². The van der Waals surface area contributed by atoms with Crippen molar-refractivity contribution in [1.82, 2.24) is 4.72 Å². The second-order valence-electron chi connectivity index (χ2n) is 6.23. The average molecular weight is 357 g/mol. The molecule has 0 saturated carbocycles. The van der Waals surface area contributed by atoms with E-state index in [4.69, 9.17) is 4.74 Å². The Hall–Kier alpha value is -1.35. The van der Waals surface area contributed by atoms with Crippen molar-refractivity contribution in [3.8, 4) is 0 Å². The molecule has 0 aliphatic heterocycles. The second kappa shape index (κ2) is 6.64. The third kappa shape index (κ3) is 4.57. The van der Waals surface area contributed by atoms with Crippen LogP contribution >= 0.6 is 11.9 Å². The van der Waals surface area contributed by atoms with Crippen LogP contribution in [0.5, 0.6) is 0 Å². The van der Waals surface area contributed by atoms with Gasteiger partial charge < -0.3 is 4.74 Å². The Kier molecular flexibility index (Phi) is 5.69. The van der Waals surface area contributed by atoms with Crippen LogP contribution in [0, 0.1) is 29.1 Å². The minimum Gasteiger partial charge on any atom is -0.459 e. The van der Waals surface area contributed by atoms with Gasteiger partial charge in [-0.1, -0.05) is 0 Å². The van der Waals surface area contributed by atoms with E-state index in [1.54, 1.807) is 20.8 Å². The van der Waals surface area contributed by atoms with E-state index in [2.05, 4.69) is 4.72 Å². The van der Waals surface area contributed by atoms with Crippen molar-refractivity contribution in [2.24, 2.45) is 0 Å². The molecule has 23 heavy (non-hydrogen) atoms.